The predicted octanol–water partition coefficient (Wildman–Crippen LogP) is 3.97. The van der Waals surface area contributed by atoms with Crippen LogP contribution in [-0.4, -0.2) is 86.0 Å². The second-order valence-corrected chi connectivity index (χ2v) is 8.77. The van der Waals surface area contributed by atoms with Gasteiger partial charge in [-0.3, -0.25) is 0 Å². The zero-order chi connectivity index (χ0) is 28.2. The summed E-state index contributed by atoms with van der Waals surface area (Å²) in [5, 5.41) is 21.7. The molecule has 0 N–H and O–H groups in total. The number of unbranched alkanes of at least 4 members (excludes halogenated alkanes) is 8. The minimum atomic E-state index is -1.37. The summed E-state index contributed by atoms with van der Waals surface area (Å²) in [4.78, 5) is 45.2. The summed E-state index contributed by atoms with van der Waals surface area (Å²) in [6, 6.07) is 11.9. The van der Waals surface area contributed by atoms with Crippen LogP contribution in [0.2, 0.25) is 0 Å². The fourth-order valence-electron chi connectivity index (χ4n) is 3.57. The average molecular weight is 664 g/mol. The molecule has 8 nitrogen and oxygen atoms in total. The van der Waals surface area contributed by atoms with E-state index in [1.807, 2.05) is 0 Å². The van der Waals surface area contributed by atoms with Crippen LogP contribution >= 0.6 is 0 Å². The van der Waals surface area contributed by atoms with Crippen molar-refractivity contribution in [2.75, 3.05) is 13.2 Å². The molecule has 0 saturated heterocycles. The van der Waals surface area contributed by atoms with Crippen molar-refractivity contribution in [1.82, 2.24) is 0 Å². The Morgan fingerprint density at radius 1 is 0.538 bits per heavy atom. The third-order valence-corrected chi connectivity index (χ3v) is 5.70. The van der Waals surface area contributed by atoms with E-state index in [0.29, 0.717) is 13.2 Å². The first kappa shape index (κ1) is 36.9. The molecule has 2 aromatic carbocycles. The van der Waals surface area contributed by atoms with Gasteiger partial charge in [0.05, 0.1) is 36.3 Å². The smallest absolute Gasteiger partial charge is 0.545 e. The topological polar surface area (TPSA) is 133 Å². The molecular formula is C30H38BaO8. The number of rotatable bonds is 16. The van der Waals surface area contributed by atoms with Crippen molar-refractivity contribution in [2.24, 2.45) is 0 Å². The number of benzene rings is 2. The molecular weight excluding hydrogens is 626 g/mol. The van der Waals surface area contributed by atoms with Crippen LogP contribution in [0.15, 0.2) is 48.5 Å². The van der Waals surface area contributed by atoms with Gasteiger partial charge in [0.2, 0.25) is 0 Å². The van der Waals surface area contributed by atoms with Crippen LogP contribution in [0.4, 0.5) is 0 Å². The van der Waals surface area contributed by atoms with Crippen molar-refractivity contribution in [2.45, 2.75) is 78.1 Å². The number of hydrogen-bond acceptors (Lipinski definition) is 8. The third kappa shape index (κ3) is 15.3. The zero-order valence-corrected chi connectivity index (χ0v) is 27.5. The Kier molecular flexibility index (Phi) is 21.5. The zero-order valence-electron chi connectivity index (χ0n) is 23.1. The Hall–Kier alpha value is -2.11. The van der Waals surface area contributed by atoms with Crippen molar-refractivity contribution in [1.29, 1.82) is 0 Å². The Bertz CT molecular complexity index is 940. The van der Waals surface area contributed by atoms with Gasteiger partial charge in [0.15, 0.2) is 0 Å². The largest absolute Gasteiger partial charge is 2.00 e. The number of carboxylic acid groups (broad SMARTS) is 2. The molecule has 0 heterocycles. The standard InChI is InChI=1S/2C15H20O4.Ba/c2*1-2-3-4-5-8-11-19-15(18)13-10-7-6-9-12(13)14(16)17;/h2*6-7,9-10H,2-5,8,11H2,1H3,(H,16,17);/q;;+2/p-2. The van der Waals surface area contributed by atoms with Crippen LogP contribution in [0.3, 0.4) is 0 Å². The van der Waals surface area contributed by atoms with Crippen molar-refractivity contribution < 1.29 is 38.9 Å². The molecule has 0 unspecified atom stereocenters. The maximum absolute atomic E-state index is 11.7. The number of carboxylic acids is 2. The van der Waals surface area contributed by atoms with E-state index in [2.05, 4.69) is 13.8 Å². The van der Waals surface area contributed by atoms with Crippen LogP contribution in [-0.2, 0) is 9.47 Å². The summed E-state index contributed by atoms with van der Waals surface area (Å²) in [6.45, 7) is 4.92. The van der Waals surface area contributed by atoms with E-state index in [0.717, 1.165) is 38.5 Å². The summed E-state index contributed by atoms with van der Waals surface area (Å²) in [6.07, 6.45) is 10.6. The van der Waals surface area contributed by atoms with Gasteiger partial charge in [-0.15, -0.1) is 0 Å². The van der Waals surface area contributed by atoms with Crippen LogP contribution in [0.1, 0.15) is 119 Å². The van der Waals surface area contributed by atoms with E-state index in [9.17, 15) is 29.4 Å². The quantitative estimate of drug-likeness (QED) is 0.150. The Labute approximate surface area is 271 Å². The van der Waals surface area contributed by atoms with Gasteiger partial charge >= 0.3 is 60.8 Å². The Morgan fingerprint density at radius 2 is 0.846 bits per heavy atom. The van der Waals surface area contributed by atoms with Crippen molar-refractivity contribution in [3.05, 3.63) is 70.8 Å². The van der Waals surface area contributed by atoms with Gasteiger partial charge in [0.25, 0.3) is 0 Å². The minimum Gasteiger partial charge on any atom is -0.545 e. The molecule has 0 aliphatic carbocycles. The summed E-state index contributed by atoms with van der Waals surface area (Å²) >= 11 is 0. The molecule has 0 bridgehead atoms. The summed E-state index contributed by atoms with van der Waals surface area (Å²) in [5.41, 5.74) is -0.149. The monoisotopic (exact) mass is 664 g/mol. The molecule has 0 aliphatic heterocycles. The maximum atomic E-state index is 11.7. The first-order chi connectivity index (χ1) is 18.3. The molecule has 208 valence electrons. The van der Waals surface area contributed by atoms with E-state index < -0.39 is 23.9 Å². The fraction of sp³-hybridized carbons (Fsp3) is 0.467. The second kappa shape index (κ2) is 22.7. The molecule has 0 radical (unpaired) electrons. The van der Waals surface area contributed by atoms with Gasteiger partial charge in [0.1, 0.15) is 0 Å². The number of hydrogen-bond donors (Lipinski definition) is 0. The first-order valence-electron chi connectivity index (χ1n) is 13.3. The molecule has 39 heavy (non-hydrogen) atoms. The molecule has 0 atom stereocenters. The fourth-order valence-corrected chi connectivity index (χ4v) is 3.57. The number of carbonyl (C=O) groups is 4. The molecule has 0 fully saturated rings. The van der Waals surface area contributed by atoms with Gasteiger partial charge in [-0.1, -0.05) is 102 Å². The number of ether oxygens (including phenoxy) is 2. The van der Waals surface area contributed by atoms with Gasteiger partial charge in [-0.25, -0.2) is 9.59 Å². The Balaban J connectivity index is 0.000000722. The van der Waals surface area contributed by atoms with Crippen LogP contribution in [0.5, 0.6) is 0 Å². The van der Waals surface area contributed by atoms with Crippen LogP contribution in [0.25, 0.3) is 0 Å². The van der Waals surface area contributed by atoms with Crippen molar-refractivity contribution in [3.63, 3.8) is 0 Å². The molecule has 2 rings (SSSR count). The normalized spacial score (nSPS) is 9.90. The predicted molar refractivity (Wildman–Crippen MR) is 145 cm³/mol. The SMILES string of the molecule is CCCCCCCOC(=O)c1ccccc1C(=O)[O-].CCCCCCCOC(=O)c1ccccc1C(=O)[O-].[Ba+2]. The Morgan fingerprint density at radius 3 is 1.15 bits per heavy atom. The van der Waals surface area contributed by atoms with Crippen molar-refractivity contribution in [3.8, 4) is 0 Å². The van der Waals surface area contributed by atoms with Crippen LogP contribution in [0, 0.1) is 0 Å². The van der Waals surface area contributed by atoms with E-state index >= 15 is 0 Å². The van der Waals surface area contributed by atoms with Crippen LogP contribution < -0.4 is 10.2 Å². The summed E-state index contributed by atoms with van der Waals surface area (Å²) in [5.74, 6) is -3.93. The van der Waals surface area contributed by atoms with E-state index in [1.54, 1.807) is 24.3 Å². The van der Waals surface area contributed by atoms with Gasteiger partial charge in [-0.2, -0.15) is 0 Å². The van der Waals surface area contributed by atoms with Gasteiger partial charge in [-0.05, 0) is 25.0 Å². The van der Waals surface area contributed by atoms with E-state index in [4.69, 9.17) is 9.47 Å². The first-order valence-corrected chi connectivity index (χ1v) is 13.3. The second-order valence-electron chi connectivity index (χ2n) is 8.77. The molecule has 0 saturated carbocycles. The molecule has 0 spiro atoms. The molecule has 9 heteroatoms. The molecule has 0 amide bonds. The van der Waals surface area contributed by atoms with E-state index in [-0.39, 0.29) is 71.1 Å². The molecule has 2 aromatic rings. The number of aromatic carboxylic acids is 2. The molecule has 0 aliphatic rings. The third-order valence-electron chi connectivity index (χ3n) is 5.70. The number of carbonyl (C=O) groups excluding carboxylic acids is 4. The number of esters is 2. The van der Waals surface area contributed by atoms with Gasteiger partial charge < -0.3 is 29.3 Å². The summed E-state index contributed by atoms with van der Waals surface area (Å²) in [7, 11) is 0. The van der Waals surface area contributed by atoms with Gasteiger partial charge in [0, 0.05) is 11.1 Å². The maximum Gasteiger partial charge on any atom is 2.00 e. The summed E-state index contributed by atoms with van der Waals surface area (Å²) < 4.78 is 10.1. The molecule has 0 aromatic heterocycles. The van der Waals surface area contributed by atoms with E-state index in [1.165, 1.54) is 49.9 Å². The van der Waals surface area contributed by atoms with Crippen molar-refractivity contribution >= 4 is 72.8 Å². The average Bonchev–Trinajstić information content (AvgIpc) is 2.92. The minimum absolute atomic E-state index is 0.